The lowest BCUT2D eigenvalue weighted by atomic mass is 9.89. The minimum absolute atomic E-state index is 0.0102. The van der Waals surface area contributed by atoms with Crippen LogP contribution in [0.25, 0.3) is 10.4 Å². The van der Waals surface area contributed by atoms with E-state index in [1.54, 1.807) is 55.5 Å². The fourth-order valence-electron chi connectivity index (χ4n) is 5.53. The summed E-state index contributed by atoms with van der Waals surface area (Å²) in [5, 5.41) is 31.3. The Morgan fingerprint density at radius 2 is 1.78 bits per heavy atom. The van der Waals surface area contributed by atoms with Crippen LogP contribution in [0.4, 0.5) is 0 Å². The Hall–Kier alpha value is -4.62. The van der Waals surface area contributed by atoms with Crippen molar-refractivity contribution in [3.8, 4) is 5.75 Å². The second-order valence-electron chi connectivity index (χ2n) is 12.8. The van der Waals surface area contributed by atoms with E-state index in [9.17, 15) is 29.4 Å². The van der Waals surface area contributed by atoms with E-state index in [1.165, 1.54) is 19.3 Å². The second-order valence-corrected chi connectivity index (χ2v) is 13.2. The van der Waals surface area contributed by atoms with Gasteiger partial charge in [-0.1, -0.05) is 80.0 Å². The topological polar surface area (TPSA) is 209 Å². The zero-order valence-corrected chi connectivity index (χ0v) is 29.9. The second kappa shape index (κ2) is 20.3. The molecule has 0 saturated heterocycles. The van der Waals surface area contributed by atoms with E-state index in [0.29, 0.717) is 21.9 Å². The molecule has 1 aliphatic rings. The number of benzene rings is 2. The van der Waals surface area contributed by atoms with Crippen LogP contribution >= 0.6 is 11.6 Å². The number of hydrogen-bond acceptors (Lipinski definition) is 10. The molecule has 1 aliphatic heterocycles. The zero-order valence-electron chi connectivity index (χ0n) is 29.1. The summed E-state index contributed by atoms with van der Waals surface area (Å²) >= 11 is 6.31. The van der Waals surface area contributed by atoms with E-state index in [-0.39, 0.29) is 44.7 Å². The number of azide groups is 1. The molecule has 51 heavy (non-hydrogen) atoms. The molecular formula is C36H46ClN5O9. The van der Waals surface area contributed by atoms with Crippen LogP contribution in [-0.4, -0.2) is 78.5 Å². The van der Waals surface area contributed by atoms with Gasteiger partial charge in [0.2, 0.25) is 11.8 Å². The molecule has 0 aliphatic carbocycles. The van der Waals surface area contributed by atoms with Crippen LogP contribution < -0.4 is 15.4 Å². The highest BCUT2D eigenvalue weighted by atomic mass is 35.5. The predicted molar refractivity (Wildman–Crippen MR) is 188 cm³/mol. The fourth-order valence-corrected chi connectivity index (χ4v) is 5.81. The number of aliphatic hydroxyl groups excluding tert-OH is 2. The number of rotatable bonds is 12. The van der Waals surface area contributed by atoms with Crippen LogP contribution in [-0.2, 0) is 35.1 Å². The van der Waals surface area contributed by atoms with Crippen LogP contribution in [0.1, 0.15) is 57.3 Å². The minimum Gasteiger partial charge on any atom is -0.495 e. The van der Waals surface area contributed by atoms with Gasteiger partial charge in [0.1, 0.15) is 24.0 Å². The third-order valence-corrected chi connectivity index (χ3v) is 8.78. The van der Waals surface area contributed by atoms with Crippen molar-refractivity contribution in [2.45, 2.75) is 76.9 Å². The molecule has 1 heterocycles. The molecule has 0 bridgehead atoms. The summed E-state index contributed by atoms with van der Waals surface area (Å²) in [5.41, 5.74) is 9.88. The van der Waals surface area contributed by atoms with Crippen molar-refractivity contribution in [2.24, 2.45) is 22.9 Å². The maximum absolute atomic E-state index is 13.6. The molecule has 2 amide bonds. The number of carbonyl (C=O) groups excluding carboxylic acids is 4. The number of hydrogen-bond donors (Lipinski definition) is 4. The number of carbonyl (C=O) groups is 4. The molecule has 0 spiro atoms. The van der Waals surface area contributed by atoms with E-state index in [2.05, 4.69) is 20.7 Å². The normalized spacial score (nSPS) is 23.1. The van der Waals surface area contributed by atoms with Gasteiger partial charge in [0.25, 0.3) is 0 Å². The van der Waals surface area contributed by atoms with Gasteiger partial charge in [0.05, 0.1) is 24.2 Å². The van der Waals surface area contributed by atoms with Crippen LogP contribution in [0.5, 0.6) is 5.75 Å². The number of ether oxygens (including phenoxy) is 3. The number of nitrogens with one attached hydrogen (secondary N) is 2. The maximum Gasteiger partial charge on any atom is 0.347 e. The van der Waals surface area contributed by atoms with Crippen molar-refractivity contribution in [3.05, 3.63) is 87.3 Å². The average molecular weight is 728 g/mol. The van der Waals surface area contributed by atoms with Gasteiger partial charge in [-0.25, -0.2) is 4.79 Å². The van der Waals surface area contributed by atoms with Crippen LogP contribution in [0, 0.1) is 17.8 Å². The van der Waals surface area contributed by atoms with Gasteiger partial charge >= 0.3 is 11.9 Å². The SMILES string of the molecule is COc1ccc(C[C@H]2NC(=O)/C=C/C[C@@H]([C@H](C)[C@@H](O)[C@H](O)c3ccccc3)OC(=O)[C@H](CC(C)C)OC(=O)[C@H](CCN=[N+]=[N-])CNC2=O)cc1Cl. The summed E-state index contributed by atoms with van der Waals surface area (Å²) in [6, 6.07) is 12.3. The first kappa shape index (κ1) is 40.8. The Balaban J connectivity index is 1.99. The van der Waals surface area contributed by atoms with Gasteiger partial charge < -0.3 is 35.1 Å². The minimum atomic E-state index is -1.39. The van der Waals surface area contributed by atoms with Gasteiger partial charge in [-0.3, -0.25) is 14.4 Å². The highest BCUT2D eigenvalue weighted by molar-refractivity contribution is 6.32. The Bertz CT molecular complexity index is 1570. The molecule has 0 radical (unpaired) electrons. The lowest BCUT2D eigenvalue weighted by Gasteiger charge is -2.31. The van der Waals surface area contributed by atoms with E-state index in [0.717, 1.165) is 0 Å². The Morgan fingerprint density at radius 3 is 2.43 bits per heavy atom. The molecule has 2 aromatic rings. The van der Waals surface area contributed by atoms with Gasteiger partial charge in [0.15, 0.2) is 6.10 Å². The van der Waals surface area contributed by atoms with Crippen molar-refractivity contribution >= 4 is 35.4 Å². The van der Waals surface area contributed by atoms with E-state index in [4.69, 9.17) is 31.3 Å². The smallest absolute Gasteiger partial charge is 0.347 e. The molecule has 0 aromatic heterocycles. The largest absolute Gasteiger partial charge is 0.495 e. The molecule has 4 N–H and O–H groups in total. The zero-order chi connectivity index (χ0) is 37.5. The molecule has 15 heteroatoms. The summed E-state index contributed by atoms with van der Waals surface area (Å²) in [5.74, 6) is -4.53. The molecule has 276 valence electrons. The summed E-state index contributed by atoms with van der Waals surface area (Å²) in [4.78, 5) is 56.6. The predicted octanol–water partition coefficient (Wildman–Crippen LogP) is 4.37. The highest BCUT2D eigenvalue weighted by Gasteiger charge is 2.36. The lowest BCUT2D eigenvalue weighted by Crippen LogP contribution is -2.49. The summed E-state index contributed by atoms with van der Waals surface area (Å²) in [6.07, 6.45) is -2.46. The molecule has 14 nitrogen and oxygen atoms in total. The quantitative estimate of drug-likeness (QED) is 0.106. The molecule has 0 saturated carbocycles. The Labute approximate surface area is 302 Å². The number of aliphatic hydroxyl groups is 2. The maximum atomic E-state index is 13.6. The van der Waals surface area contributed by atoms with Crippen molar-refractivity contribution in [1.82, 2.24) is 10.6 Å². The first-order valence-corrected chi connectivity index (χ1v) is 17.1. The Morgan fingerprint density at radius 1 is 1.06 bits per heavy atom. The van der Waals surface area contributed by atoms with Crippen molar-refractivity contribution < 1.29 is 43.6 Å². The summed E-state index contributed by atoms with van der Waals surface area (Å²) in [6.45, 7) is 4.91. The number of esters is 2. The first-order valence-electron chi connectivity index (χ1n) is 16.7. The third kappa shape index (κ3) is 12.6. The standard InChI is InChI=1S/C36H46ClN5O9/c1-21(2)17-30-36(48)50-28(22(3)32(44)33(45)24-9-6-5-7-10-24)11-8-12-31(43)41-27(19-23-13-14-29(49-4)26(37)18-23)34(46)39-20-25(35(47)51-30)15-16-40-42-38/h5-10,12-14,18,21-22,25,27-28,30,32-33,44-45H,11,15-17,19-20H2,1-4H3,(H,39,46)(H,41,43)/b12-8+/t22-,25+,27+,28-,30-,32+,33+/m0/s1. The van der Waals surface area contributed by atoms with Crippen LogP contribution in [0.15, 0.2) is 65.8 Å². The van der Waals surface area contributed by atoms with E-state index < -0.39 is 66.0 Å². The first-order chi connectivity index (χ1) is 24.3. The number of methoxy groups -OCH3 is 1. The summed E-state index contributed by atoms with van der Waals surface area (Å²) in [7, 11) is 1.47. The van der Waals surface area contributed by atoms with Gasteiger partial charge in [-0.15, -0.1) is 0 Å². The highest BCUT2D eigenvalue weighted by Crippen LogP contribution is 2.28. The van der Waals surface area contributed by atoms with Crippen molar-refractivity contribution in [2.75, 3.05) is 20.2 Å². The van der Waals surface area contributed by atoms with E-state index >= 15 is 0 Å². The molecule has 0 unspecified atom stereocenters. The average Bonchev–Trinajstić information content (AvgIpc) is 3.10. The fraction of sp³-hybridized carbons (Fsp3) is 0.500. The van der Waals surface area contributed by atoms with Crippen molar-refractivity contribution in [1.29, 1.82) is 0 Å². The monoisotopic (exact) mass is 727 g/mol. The van der Waals surface area contributed by atoms with E-state index in [1.807, 2.05) is 13.8 Å². The summed E-state index contributed by atoms with van der Waals surface area (Å²) < 4.78 is 16.8. The lowest BCUT2D eigenvalue weighted by molar-refractivity contribution is -0.178. The number of halogens is 1. The number of nitrogens with zero attached hydrogens (tertiary/aromatic N) is 3. The molecule has 7 atom stereocenters. The van der Waals surface area contributed by atoms with Crippen molar-refractivity contribution in [3.63, 3.8) is 0 Å². The molecule has 2 aromatic carbocycles. The number of cyclic esters (lactones) is 2. The van der Waals surface area contributed by atoms with Crippen LogP contribution in [0.2, 0.25) is 5.02 Å². The van der Waals surface area contributed by atoms with Crippen LogP contribution in [0.3, 0.4) is 0 Å². The number of amides is 2. The molecular weight excluding hydrogens is 682 g/mol. The molecule has 3 rings (SSSR count). The van der Waals surface area contributed by atoms with Gasteiger partial charge in [-0.2, -0.15) is 0 Å². The Kier molecular flexibility index (Phi) is 16.2. The molecule has 0 fully saturated rings. The third-order valence-electron chi connectivity index (χ3n) is 8.49. The van der Waals surface area contributed by atoms with Gasteiger partial charge in [0, 0.05) is 36.8 Å². The van der Waals surface area contributed by atoms with Gasteiger partial charge in [-0.05, 0) is 53.6 Å².